The topological polar surface area (TPSA) is 56.7 Å². The van der Waals surface area contributed by atoms with Gasteiger partial charge in [-0.15, -0.1) is 24.0 Å². The van der Waals surface area contributed by atoms with Crippen molar-refractivity contribution < 1.29 is 4.21 Å². The summed E-state index contributed by atoms with van der Waals surface area (Å²) in [4.78, 5) is 7.19. The summed E-state index contributed by atoms with van der Waals surface area (Å²) in [7, 11) is -0.860. The summed E-state index contributed by atoms with van der Waals surface area (Å²) in [5.74, 6) is 1.46. The first kappa shape index (κ1) is 26.4. The SMILES string of the molecule is CCNC(=NCCS(=O)C(C)(C)C)NC1CCN(Cc2ccccc2C)CC1.I. The van der Waals surface area contributed by atoms with Crippen molar-refractivity contribution in [2.75, 3.05) is 31.9 Å². The molecule has 0 amide bonds. The molecule has 1 fully saturated rings. The Kier molecular flexibility index (Phi) is 11.7. The van der Waals surface area contributed by atoms with Crippen LogP contribution >= 0.6 is 24.0 Å². The van der Waals surface area contributed by atoms with Crippen molar-refractivity contribution in [3.63, 3.8) is 0 Å². The predicted octanol–water partition coefficient (Wildman–Crippen LogP) is 3.68. The van der Waals surface area contributed by atoms with Gasteiger partial charge in [-0.3, -0.25) is 14.1 Å². The van der Waals surface area contributed by atoms with Crippen LogP contribution in [-0.4, -0.2) is 57.8 Å². The third-order valence-electron chi connectivity index (χ3n) is 5.16. The number of nitrogens with one attached hydrogen (secondary N) is 2. The summed E-state index contributed by atoms with van der Waals surface area (Å²) in [5.41, 5.74) is 2.80. The quantitative estimate of drug-likeness (QED) is 0.319. The molecule has 0 bridgehead atoms. The lowest BCUT2D eigenvalue weighted by atomic mass is 10.0. The van der Waals surface area contributed by atoms with E-state index in [1.165, 1.54) is 11.1 Å². The number of likely N-dealkylation sites (tertiary alicyclic amines) is 1. The van der Waals surface area contributed by atoms with E-state index in [-0.39, 0.29) is 28.7 Å². The maximum Gasteiger partial charge on any atom is 0.191 e. The van der Waals surface area contributed by atoms with Gasteiger partial charge in [0.15, 0.2) is 5.96 Å². The van der Waals surface area contributed by atoms with Crippen molar-refractivity contribution >= 4 is 40.7 Å². The predicted molar refractivity (Wildman–Crippen MR) is 137 cm³/mol. The van der Waals surface area contributed by atoms with Crippen molar-refractivity contribution in [2.45, 2.75) is 64.8 Å². The Morgan fingerprint density at radius 1 is 1.24 bits per heavy atom. The molecule has 1 heterocycles. The zero-order chi connectivity index (χ0) is 20.6. The lowest BCUT2D eigenvalue weighted by Gasteiger charge is -2.33. The minimum absolute atomic E-state index is 0. The highest BCUT2D eigenvalue weighted by Crippen LogP contribution is 2.16. The van der Waals surface area contributed by atoms with E-state index in [0.29, 0.717) is 18.3 Å². The first-order valence-corrected chi connectivity index (χ1v) is 11.8. The minimum atomic E-state index is -0.860. The highest BCUT2D eigenvalue weighted by atomic mass is 127. The van der Waals surface area contributed by atoms with Crippen LogP contribution in [0.15, 0.2) is 29.3 Å². The molecule has 1 atom stereocenters. The monoisotopic (exact) mass is 534 g/mol. The van der Waals surface area contributed by atoms with E-state index >= 15 is 0 Å². The van der Waals surface area contributed by atoms with Gasteiger partial charge < -0.3 is 10.6 Å². The lowest BCUT2D eigenvalue weighted by molar-refractivity contribution is 0.198. The Balaban J connectivity index is 0.00000420. The zero-order valence-corrected chi connectivity index (χ0v) is 21.8. The van der Waals surface area contributed by atoms with E-state index in [4.69, 9.17) is 0 Å². The standard InChI is InChI=1S/C22H38N4OS.HI/c1-6-23-21(24-13-16-28(27)22(3,4)5)25-20-11-14-26(15-12-20)17-19-10-8-7-9-18(19)2;/h7-10,20H,6,11-17H2,1-5H3,(H2,23,24,25);1H. The van der Waals surface area contributed by atoms with Gasteiger partial charge in [0.25, 0.3) is 0 Å². The molecule has 7 heteroatoms. The zero-order valence-electron chi connectivity index (χ0n) is 18.7. The number of piperidine rings is 1. The molecule has 1 aromatic carbocycles. The van der Waals surface area contributed by atoms with E-state index in [1.807, 2.05) is 20.8 Å². The third kappa shape index (κ3) is 9.34. The molecule has 0 aromatic heterocycles. The second-order valence-electron chi connectivity index (χ2n) is 8.54. The second-order valence-corrected chi connectivity index (χ2v) is 10.9. The molecule has 166 valence electrons. The van der Waals surface area contributed by atoms with Crippen LogP contribution in [0.5, 0.6) is 0 Å². The van der Waals surface area contributed by atoms with Gasteiger partial charge in [-0.05, 0) is 58.6 Å². The van der Waals surface area contributed by atoms with E-state index in [0.717, 1.165) is 45.0 Å². The van der Waals surface area contributed by atoms with Crippen LogP contribution in [0.3, 0.4) is 0 Å². The summed E-state index contributed by atoms with van der Waals surface area (Å²) in [6.07, 6.45) is 2.23. The summed E-state index contributed by atoms with van der Waals surface area (Å²) in [5, 5.41) is 6.91. The Bertz CT molecular complexity index is 667. The van der Waals surface area contributed by atoms with Crippen LogP contribution in [0.25, 0.3) is 0 Å². The third-order valence-corrected chi connectivity index (χ3v) is 7.08. The van der Waals surface area contributed by atoms with Crippen molar-refractivity contribution in [3.05, 3.63) is 35.4 Å². The molecule has 5 nitrogen and oxygen atoms in total. The van der Waals surface area contributed by atoms with Crippen LogP contribution in [0, 0.1) is 6.92 Å². The maximum absolute atomic E-state index is 12.2. The number of nitrogens with zero attached hydrogens (tertiary/aromatic N) is 2. The first-order valence-electron chi connectivity index (χ1n) is 10.5. The fourth-order valence-corrected chi connectivity index (χ4v) is 4.19. The fourth-order valence-electron chi connectivity index (χ4n) is 3.32. The van der Waals surface area contributed by atoms with Crippen molar-refractivity contribution in [1.82, 2.24) is 15.5 Å². The average Bonchev–Trinajstić information content (AvgIpc) is 2.64. The molecule has 2 rings (SSSR count). The molecule has 0 aliphatic carbocycles. The number of hydrogen-bond donors (Lipinski definition) is 2. The van der Waals surface area contributed by atoms with Crippen LogP contribution in [0.2, 0.25) is 0 Å². The van der Waals surface area contributed by atoms with Crippen molar-refractivity contribution in [3.8, 4) is 0 Å². The highest BCUT2D eigenvalue weighted by molar-refractivity contribution is 14.0. The van der Waals surface area contributed by atoms with Gasteiger partial charge >= 0.3 is 0 Å². The molecule has 0 spiro atoms. The molecule has 29 heavy (non-hydrogen) atoms. The van der Waals surface area contributed by atoms with Gasteiger partial charge in [0.2, 0.25) is 0 Å². The van der Waals surface area contributed by atoms with E-state index < -0.39 is 10.8 Å². The molecule has 0 radical (unpaired) electrons. The number of aliphatic imine (C=N–C) groups is 1. The minimum Gasteiger partial charge on any atom is -0.357 e. The normalized spacial score (nSPS) is 17.5. The van der Waals surface area contributed by atoms with E-state index in [9.17, 15) is 4.21 Å². The molecule has 0 saturated carbocycles. The molecular weight excluding hydrogens is 495 g/mol. The first-order chi connectivity index (χ1) is 13.3. The number of guanidine groups is 1. The average molecular weight is 535 g/mol. The lowest BCUT2D eigenvalue weighted by Crippen LogP contribution is -2.48. The van der Waals surface area contributed by atoms with Crippen LogP contribution in [0.1, 0.15) is 51.7 Å². The smallest absolute Gasteiger partial charge is 0.191 e. The number of benzene rings is 1. The van der Waals surface area contributed by atoms with Crippen LogP contribution in [-0.2, 0) is 17.3 Å². The molecule has 1 aromatic rings. The van der Waals surface area contributed by atoms with E-state index in [1.54, 1.807) is 0 Å². The van der Waals surface area contributed by atoms with Gasteiger partial charge in [-0.25, -0.2) is 0 Å². The summed E-state index contributed by atoms with van der Waals surface area (Å²) >= 11 is 0. The molecular formula is C22H39IN4OS. The largest absolute Gasteiger partial charge is 0.357 e. The summed E-state index contributed by atoms with van der Waals surface area (Å²) in [6.45, 7) is 15.0. The second kappa shape index (κ2) is 12.9. The molecule has 1 aliphatic rings. The Labute approximate surface area is 197 Å². The molecule has 1 saturated heterocycles. The Morgan fingerprint density at radius 3 is 2.48 bits per heavy atom. The molecule has 1 aliphatic heterocycles. The van der Waals surface area contributed by atoms with E-state index in [2.05, 4.69) is 58.6 Å². The van der Waals surface area contributed by atoms with Gasteiger partial charge in [-0.2, -0.15) is 0 Å². The summed E-state index contributed by atoms with van der Waals surface area (Å²) < 4.78 is 12.0. The Morgan fingerprint density at radius 2 is 1.90 bits per heavy atom. The molecule has 2 N–H and O–H groups in total. The summed E-state index contributed by atoms with van der Waals surface area (Å²) in [6, 6.07) is 9.10. The van der Waals surface area contributed by atoms with Gasteiger partial charge in [-0.1, -0.05) is 24.3 Å². The Hall–Kier alpha value is -0.670. The maximum atomic E-state index is 12.2. The highest BCUT2D eigenvalue weighted by Gasteiger charge is 2.21. The number of aryl methyl sites for hydroxylation is 1. The van der Waals surface area contributed by atoms with Crippen molar-refractivity contribution in [2.24, 2.45) is 4.99 Å². The number of hydrogen-bond acceptors (Lipinski definition) is 3. The van der Waals surface area contributed by atoms with Crippen LogP contribution in [0.4, 0.5) is 0 Å². The van der Waals surface area contributed by atoms with Gasteiger partial charge in [0.1, 0.15) is 0 Å². The van der Waals surface area contributed by atoms with Crippen molar-refractivity contribution in [1.29, 1.82) is 0 Å². The van der Waals surface area contributed by atoms with Gasteiger partial charge in [0, 0.05) is 53.5 Å². The number of halogens is 1. The van der Waals surface area contributed by atoms with Gasteiger partial charge in [0.05, 0.1) is 6.54 Å². The van der Waals surface area contributed by atoms with Crippen LogP contribution < -0.4 is 10.6 Å². The fraction of sp³-hybridized carbons (Fsp3) is 0.682. The number of rotatable bonds is 7. The molecule has 1 unspecified atom stereocenters.